The molecule has 3 aromatic heterocycles. The molecular weight excluding hydrogens is 346 g/mol. The summed E-state index contributed by atoms with van der Waals surface area (Å²) in [5.74, 6) is 0. The molecule has 9 heteroatoms. The first-order valence-electron chi connectivity index (χ1n) is 8.87. The molecule has 1 saturated heterocycles. The first kappa shape index (κ1) is 17.4. The lowest BCUT2D eigenvalue weighted by atomic mass is 10.1. The van der Waals surface area contributed by atoms with Gasteiger partial charge in [0.2, 0.25) is 0 Å². The Balaban J connectivity index is 1.44. The number of ether oxygens (including phenoxy) is 1. The third kappa shape index (κ3) is 4.04. The third-order valence-corrected chi connectivity index (χ3v) is 4.54. The Morgan fingerprint density at radius 1 is 1.22 bits per heavy atom. The largest absolute Gasteiger partial charge is 0.379 e. The SMILES string of the molecule is O=C(NC[C@H](c1ccccn1)N1CCOCC1)Nc1cccn2cnnc12. The standard InChI is InChI=1S/C18H21N7O2/c26-18(22-15-5-3-7-25-13-21-23-17(15)25)20-12-16(14-4-1-2-6-19-14)24-8-10-27-11-9-24/h1-7,13,16H,8-12H2,(H2,20,22,26)/t16-/m1/s1. The summed E-state index contributed by atoms with van der Waals surface area (Å²) >= 11 is 0. The van der Waals surface area contributed by atoms with Crippen LogP contribution in [0.4, 0.5) is 10.5 Å². The van der Waals surface area contributed by atoms with E-state index in [0.29, 0.717) is 31.1 Å². The molecule has 0 radical (unpaired) electrons. The Labute approximate surface area is 156 Å². The number of amides is 2. The van der Waals surface area contributed by atoms with Crippen molar-refractivity contribution in [1.82, 2.24) is 29.8 Å². The number of hydrogen-bond acceptors (Lipinski definition) is 6. The van der Waals surface area contributed by atoms with Gasteiger partial charge in [0, 0.05) is 32.0 Å². The maximum absolute atomic E-state index is 12.5. The smallest absolute Gasteiger partial charge is 0.319 e. The monoisotopic (exact) mass is 367 g/mol. The predicted molar refractivity (Wildman–Crippen MR) is 99.4 cm³/mol. The van der Waals surface area contributed by atoms with Crippen LogP contribution in [0, 0.1) is 0 Å². The fraction of sp³-hybridized carbons (Fsp3) is 0.333. The summed E-state index contributed by atoms with van der Waals surface area (Å²) in [5, 5.41) is 13.7. The van der Waals surface area contributed by atoms with Crippen molar-refractivity contribution in [3.63, 3.8) is 0 Å². The molecular formula is C18H21N7O2. The van der Waals surface area contributed by atoms with E-state index in [1.165, 1.54) is 0 Å². The van der Waals surface area contributed by atoms with Crippen LogP contribution in [0.25, 0.3) is 5.65 Å². The predicted octanol–water partition coefficient (Wildman–Crippen LogP) is 1.32. The summed E-state index contributed by atoms with van der Waals surface area (Å²) in [6, 6.07) is 9.15. The van der Waals surface area contributed by atoms with Gasteiger partial charge in [0.1, 0.15) is 6.33 Å². The molecule has 1 fully saturated rings. The van der Waals surface area contributed by atoms with E-state index in [1.54, 1.807) is 23.0 Å². The number of morpholine rings is 1. The highest BCUT2D eigenvalue weighted by atomic mass is 16.5. The van der Waals surface area contributed by atoms with Gasteiger partial charge < -0.3 is 15.4 Å². The number of rotatable bonds is 5. The second-order valence-corrected chi connectivity index (χ2v) is 6.24. The maximum atomic E-state index is 12.5. The number of pyridine rings is 2. The second-order valence-electron chi connectivity index (χ2n) is 6.24. The zero-order valence-electron chi connectivity index (χ0n) is 14.8. The van der Waals surface area contributed by atoms with Gasteiger partial charge in [0.25, 0.3) is 0 Å². The average molecular weight is 367 g/mol. The van der Waals surface area contributed by atoms with Gasteiger partial charge in [-0.15, -0.1) is 10.2 Å². The lowest BCUT2D eigenvalue weighted by Crippen LogP contribution is -2.44. The number of urea groups is 1. The van der Waals surface area contributed by atoms with Crippen molar-refractivity contribution in [2.45, 2.75) is 6.04 Å². The van der Waals surface area contributed by atoms with Gasteiger partial charge in [-0.1, -0.05) is 6.07 Å². The number of anilines is 1. The molecule has 0 spiro atoms. The van der Waals surface area contributed by atoms with Crippen molar-refractivity contribution in [2.24, 2.45) is 0 Å². The molecule has 0 aromatic carbocycles. The number of nitrogens with zero attached hydrogens (tertiary/aromatic N) is 5. The van der Waals surface area contributed by atoms with Crippen LogP contribution in [0.3, 0.4) is 0 Å². The highest BCUT2D eigenvalue weighted by Gasteiger charge is 2.24. The van der Waals surface area contributed by atoms with Crippen LogP contribution in [0.2, 0.25) is 0 Å². The van der Waals surface area contributed by atoms with E-state index in [2.05, 4.69) is 30.7 Å². The molecule has 0 aliphatic carbocycles. The van der Waals surface area contributed by atoms with Gasteiger partial charge in [-0.2, -0.15) is 0 Å². The number of nitrogens with one attached hydrogen (secondary N) is 2. The molecule has 4 rings (SSSR count). The fourth-order valence-corrected chi connectivity index (χ4v) is 3.19. The Bertz CT molecular complexity index is 893. The van der Waals surface area contributed by atoms with Crippen LogP contribution in [-0.4, -0.2) is 63.4 Å². The average Bonchev–Trinajstić information content (AvgIpc) is 3.20. The van der Waals surface area contributed by atoms with E-state index < -0.39 is 0 Å². The van der Waals surface area contributed by atoms with Gasteiger partial charge in [0.05, 0.1) is 30.6 Å². The Morgan fingerprint density at radius 2 is 2.11 bits per heavy atom. The maximum Gasteiger partial charge on any atom is 0.319 e. The van der Waals surface area contributed by atoms with Gasteiger partial charge >= 0.3 is 6.03 Å². The summed E-state index contributed by atoms with van der Waals surface area (Å²) in [4.78, 5) is 19.2. The van der Waals surface area contributed by atoms with Crippen molar-refractivity contribution < 1.29 is 9.53 Å². The van der Waals surface area contributed by atoms with Gasteiger partial charge in [-0.25, -0.2) is 4.79 Å². The van der Waals surface area contributed by atoms with Gasteiger partial charge in [-0.05, 0) is 24.3 Å². The Hall–Kier alpha value is -3.04. The fourth-order valence-electron chi connectivity index (χ4n) is 3.19. The quantitative estimate of drug-likeness (QED) is 0.706. The zero-order chi connectivity index (χ0) is 18.5. The van der Waals surface area contributed by atoms with Crippen molar-refractivity contribution in [3.8, 4) is 0 Å². The van der Waals surface area contributed by atoms with E-state index in [-0.39, 0.29) is 12.1 Å². The summed E-state index contributed by atoms with van der Waals surface area (Å²) in [6.45, 7) is 3.43. The van der Waals surface area contributed by atoms with Crippen LogP contribution in [0.1, 0.15) is 11.7 Å². The molecule has 27 heavy (non-hydrogen) atoms. The lowest BCUT2D eigenvalue weighted by Gasteiger charge is -2.34. The van der Waals surface area contributed by atoms with Crippen LogP contribution in [-0.2, 0) is 4.74 Å². The number of aromatic nitrogens is 4. The highest BCUT2D eigenvalue weighted by Crippen LogP contribution is 2.19. The lowest BCUT2D eigenvalue weighted by molar-refractivity contribution is 0.0159. The molecule has 140 valence electrons. The minimum atomic E-state index is -0.291. The van der Waals surface area contributed by atoms with E-state index in [1.807, 2.05) is 30.5 Å². The molecule has 2 amide bonds. The number of hydrogen-bond donors (Lipinski definition) is 2. The molecule has 1 aliphatic heterocycles. The number of carbonyl (C=O) groups is 1. The number of fused-ring (bicyclic) bond motifs is 1. The van der Waals surface area contributed by atoms with Crippen LogP contribution in [0.5, 0.6) is 0 Å². The molecule has 0 saturated carbocycles. The van der Waals surface area contributed by atoms with Crippen LogP contribution in [0.15, 0.2) is 49.1 Å². The molecule has 3 aromatic rings. The Kier molecular flexibility index (Phi) is 5.22. The first-order chi connectivity index (χ1) is 13.3. The summed E-state index contributed by atoms with van der Waals surface area (Å²) in [7, 11) is 0. The molecule has 4 heterocycles. The zero-order valence-corrected chi connectivity index (χ0v) is 14.8. The Morgan fingerprint density at radius 3 is 2.93 bits per heavy atom. The van der Waals surface area contributed by atoms with Gasteiger partial charge in [-0.3, -0.25) is 14.3 Å². The second kappa shape index (κ2) is 8.11. The molecule has 2 N–H and O–H groups in total. The van der Waals surface area contributed by atoms with E-state index in [0.717, 1.165) is 18.8 Å². The molecule has 1 atom stereocenters. The van der Waals surface area contributed by atoms with Crippen LogP contribution >= 0.6 is 0 Å². The van der Waals surface area contributed by atoms with Gasteiger partial charge in [0.15, 0.2) is 5.65 Å². The van der Waals surface area contributed by atoms with Crippen molar-refractivity contribution >= 4 is 17.4 Å². The molecule has 1 aliphatic rings. The molecule has 9 nitrogen and oxygen atoms in total. The molecule has 0 bridgehead atoms. The minimum absolute atomic E-state index is 0.00951. The van der Waals surface area contributed by atoms with E-state index in [4.69, 9.17) is 4.74 Å². The summed E-state index contributed by atoms with van der Waals surface area (Å²) in [5.41, 5.74) is 2.13. The van der Waals surface area contributed by atoms with Crippen LogP contribution < -0.4 is 10.6 Å². The first-order valence-corrected chi connectivity index (χ1v) is 8.87. The topological polar surface area (TPSA) is 96.7 Å². The van der Waals surface area contributed by atoms with Crippen molar-refractivity contribution in [2.75, 3.05) is 38.2 Å². The summed E-state index contributed by atoms with van der Waals surface area (Å²) < 4.78 is 7.20. The highest BCUT2D eigenvalue weighted by molar-refractivity contribution is 5.92. The van der Waals surface area contributed by atoms with Crippen molar-refractivity contribution in [3.05, 3.63) is 54.7 Å². The molecule has 0 unspecified atom stereocenters. The normalized spacial score (nSPS) is 16.1. The summed E-state index contributed by atoms with van der Waals surface area (Å²) in [6.07, 6.45) is 5.19. The third-order valence-electron chi connectivity index (χ3n) is 4.54. The minimum Gasteiger partial charge on any atom is -0.379 e. The van der Waals surface area contributed by atoms with Crippen molar-refractivity contribution in [1.29, 1.82) is 0 Å². The number of carbonyl (C=O) groups excluding carboxylic acids is 1. The van der Waals surface area contributed by atoms with E-state index in [9.17, 15) is 4.79 Å². The van der Waals surface area contributed by atoms with E-state index >= 15 is 0 Å².